The van der Waals surface area contributed by atoms with Crippen molar-refractivity contribution in [2.45, 2.75) is 18.6 Å². The number of carboxylic acids is 1. The third kappa shape index (κ3) is 5.04. The highest BCUT2D eigenvalue weighted by Gasteiger charge is 2.26. The van der Waals surface area contributed by atoms with Crippen molar-refractivity contribution in [1.29, 1.82) is 0 Å². The number of ether oxygens (including phenoxy) is 1. The molecule has 0 aliphatic heterocycles. The van der Waals surface area contributed by atoms with E-state index in [1.807, 2.05) is 30.3 Å². The van der Waals surface area contributed by atoms with Crippen LogP contribution in [0.4, 0.5) is 0 Å². The van der Waals surface area contributed by atoms with Crippen LogP contribution in [0.15, 0.2) is 54.6 Å². The molecule has 0 aliphatic rings. The lowest BCUT2D eigenvalue weighted by Gasteiger charge is -2.20. The summed E-state index contributed by atoms with van der Waals surface area (Å²) in [6, 6.07) is 15.5. The minimum absolute atomic E-state index is 0.211. The number of aliphatic carboxylic acids is 1. The third-order valence-electron chi connectivity index (χ3n) is 3.52. The molecule has 5 nitrogen and oxygen atoms in total. The number of nitrogens with one attached hydrogen (secondary N) is 1. The standard InChI is InChI=1S/C18H18INO4/c1-24-16(13-7-3-2-4-8-13)17(21)20-15(18(22)23)11-12-6-5-9-14(19)10-12/h2-10,15-16H,11H2,1H3,(H,20,21)(H,22,23)/t15-,16+/m1/s1. The van der Waals surface area contributed by atoms with Gasteiger partial charge in [-0.3, -0.25) is 4.79 Å². The van der Waals surface area contributed by atoms with Crippen molar-refractivity contribution in [1.82, 2.24) is 5.32 Å². The van der Waals surface area contributed by atoms with Gasteiger partial charge >= 0.3 is 5.97 Å². The van der Waals surface area contributed by atoms with Crippen LogP contribution in [-0.4, -0.2) is 30.1 Å². The average molecular weight is 439 g/mol. The van der Waals surface area contributed by atoms with Crippen molar-refractivity contribution in [3.8, 4) is 0 Å². The second-order valence-corrected chi connectivity index (χ2v) is 6.51. The van der Waals surface area contributed by atoms with E-state index in [0.717, 1.165) is 9.13 Å². The summed E-state index contributed by atoms with van der Waals surface area (Å²) < 4.78 is 6.26. The van der Waals surface area contributed by atoms with Crippen molar-refractivity contribution >= 4 is 34.5 Å². The number of carbonyl (C=O) groups excluding carboxylic acids is 1. The number of halogens is 1. The van der Waals surface area contributed by atoms with Crippen molar-refractivity contribution < 1.29 is 19.4 Å². The molecule has 0 bridgehead atoms. The van der Waals surface area contributed by atoms with Crippen molar-refractivity contribution in [2.75, 3.05) is 7.11 Å². The van der Waals surface area contributed by atoms with Gasteiger partial charge in [-0.25, -0.2) is 4.79 Å². The zero-order chi connectivity index (χ0) is 17.5. The lowest BCUT2D eigenvalue weighted by Crippen LogP contribution is -2.44. The maximum absolute atomic E-state index is 12.4. The topological polar surface area (TPSA) is 75.6 Å². The number of methoxy groups -OCH3 is 1. The molecule has 2 aromatic rings. The van der Waals surface area contributed by atoms with Crippen molar-refractivity contribution in [2.24, 2.45) is 0 Å². The fourth-order valence-corrected chi connectivity index (χ4v) is 2.98. The van der Waals surface area contributed by atoms with Crippen LogP contribution in [-0.2, 0) is 20.7 Å². The Morgan fingerprint density at radius 3 is 2.46 bits per heavy atom. The van der Waals surface area contributed by atoms with Gasteiger partial charge in [-0.1, -0.05) is 42.5 Å². The number of rotatable bonds is 7. The third-order valence-corrected chi connectivity index (χ3v) is 4.19. The molecule has 2 atom stereocenters. The lowest BCUT2D eigenvalue weighted by molar-refractivity contribution is -0.144. The van der Waals surface area contributed by atoms with Gasteiger partial charge in [0, 0.05) is 17.1 Å². The molecule has 2 N–H and O–H groups in total. The lowest BCUT2D eigenvalue weighted by atomic mass is 10.0. The monoisotopic (exact) mass is 439 g/mol. The summed E-state index contributed by atoms with van der Waals surface area (Å²) in [4.78, 5) is 24.0. The summed E-state index contributed by atoms with van der Waals surface area (Å²) in [6.07, 6.45) is -0.632. The first-order valence-corrected chi connectivity index (χ1v) is 8.44. The Kier molecular flexibility index (Phi) is 6.74. The molecule has 1 amide bonds. The fourth-order valence-electron chi connectivity index (χ4n) is 2.37. The number of hydrogen-bond acceptors (Lipinski definition) is 3. The second-order valence-electron chi connectivity index (χ2n) is 5.26. The summed E-state index contributed by atoms with van der Waals surface area (Å²) in [5.74, 6) is -1.55. The maximum Gasteiger partial charge on any atom is 0.326 e. The first-order valence-electron chi connectivity index (χ1n) is 7.36. The Hall–Kier alpha value is -1.93. The molecule has 0 spiro atoms. The van der Waals surface area contributed by atoms with Gasteiger partial charge < -0.3 is 15.2 Å². The molecule has 0 aromatic heterocycles. The highest BCUT2D eigenvalue weighted by Crippen LogP contribution is 2.17. The van der Waals surface area contributed by atoms with Crippen LogP contribution < -0.4 is 5.32 Å². The van der Waals surface area contributed by atoms with E-state index < -0.39 is 24.0 Å². The summed E-state index contributed by atoms with van der Waals surface area (Å²) >= 11 is 2.16. The quantitative estimate of drug-likeness (QED) is 0.651. The molecule has 0 saturated heterocycles. The molecular formula is C18H18INO4. The number of benzene rings is 2. The van der Waals surface area contributed by atoms with E-state index in [1.54, 1.807) is 24.3 Å². The summed E-state index contributed by atoms with van der Waals surface area (Å²) in [7, 11) is 1.42. The predicted molar refractivity (Wildman–Crippen MR) is 98.6 cm³/mol. The molecule has 0 unspecified atom stereocenters. The van der Waals surface area contributed by atoms with E-state index >= 15 is 0 Å². The molecule has 2 rings (SSSR count). The fraction of sp³-hybridized carbons (Fsp3) is 0.222. The van der Waals surface area contributed by atoms with Gasteiger partial charge in [0.1, 0.15) is 6.04 Å². The van der Waals surface area contributed by atoms with Gasteiger partial charge in [-0.2, -0.15) is 0 Å². The van der Waals surface area contributed by atoms with E-state index in [4.69, 9.17) is 4.74 Å². The molecule has 6 heteroatoms. The largest absolute Gasteiger partial charge is 0.480 e. The minimum Gasteiger partial charge on any atom is -0.480 e. The Balaban J connectivity index is 2.11. The van der Waals surface area contributed by atoms with Gasteiger partial charge in [0.25, 0.3) is 5.91 Å². The molecule has 2 aromatic carbocycles. The first-order chi connectivity index (χ1) is 11.5. The van der Waals surface area contributed by atoms with E-state index in [9.17, 15) is 14.7 Å². The number of hydrogen-bond donors (Lipinski definition) is 2. The van der Waals surface area contributed by atoms with Crippen LogP contribution in [0, 0.1) is 3.57 Å². The van der Waals surface area contributed by atoms with E-state index in [1.165, 1.54) is 7.11 Å². The number of carbonyl (C=O) groups is 2. The van der Waals surface area contributed by atoms with Gasteiger partial charge in [-0.15, -0.1) is 0 Å². The zero-order valence-electron chi connectivity index (χ0n) is 13.1. The Bertz CT molecular complexity index is 705. The molecular weight excluding hydrogens is 421 g/mol. The smallest absolute Gasteiger partial charge is 0.326 e. The maximum atomic E-state index is 12.4. The number of carboxylic acid groups (broad SMARTS) is 1. The van der Waals surface area contributed by atoms with Gasteiger partial charge in [0.2, 0.25) is 0 Å². The molecule has 0 aliphatic carbocycles. The van der Waals surface area contributed by atoms with Gasteiger partial charge in [-0.05, 0) is 45.9 Å². The average Bonchev–Trinajstić information content (AvgIpc) is 2.56. The van der Waals surface area contributed by atoms with Crippen LogP contribution in [0.25, 0.3) is 0 Å². The zero-order valence-corrected chi connectivity index (χ0v) is 15.3. The molecule has 0 radical (unpaired) electrons. The molecule has 126 valence electrons. The van der Waals surface area contributed by atoms with Gasteiger partial charge in [0.15, 0.2) is 6.10 Å². The summed E-state index contributed by atoms with van der Waals surface area (Å²) in [5.41, 5.74) is 1.53. The van der Waals surface area contributed by atoms with Crippen molar-refractivity contribution in [3.05, 3.63) is 69.3 Å². The minimum atomic E-state index is -1.08. The Labute approximate surface area is 154 Å². The van der Waals surface area contributed by atoms with Crippen LogP contribution in [0.3, 0.4) is 0 Å². The summed E-state index contributed by atoms with van der Waals surface area (Å²) in [6.45, 7) is 0. The molecule has 0 heterocycles. The van der Waals surface area contributed by atoms with Crippen LogP contribution in [0.5, 0.6) is 0 Å². The van der Waals surface area contributed by atoms with E-state index in [-0.39, 0.29) is 6.42 Å². The predicted octanol–water partition coefficient (Wildman–Crippen LogP) is 2.79. The summed E-state index contributed by atoms with van der Waals surface area (Å²) in [5, 5.41) is 12.0. The van der Waals surface area contributed by atoms with Crippen LogP contribution >= 0.6 is 22.6 Å². The molecule has 0 saturated carbocycles. The van der Waals surface area contributed by atoms with Gasteiger partial charge in [0.05, 0.1) is 0 Å². The van der Waals surface area contributed by atoms with E-state index in [2.05, 4.69) is 27.9 Å². The van der Waals surface area contributed by atoms with Crippen molar-refractivity contribution in [3.63, 3.8) is 0 Å². The Morgan fingerprint density at radius 2 is 1.88 bits per heavy atom. The van der Waals surface area contributed by atoms with Crippen LogP contribution in [0.2, 0.25) is 0 Å². The highest BCUT2D eigenvalue weighted by molar-refractivity contribution is 14.1. The van der Waals surface area contributed by atoms with E-state index in [0.29, 0.717) is 5.56 Å². The normalized spacial score (nSPS) is 13.1. The SMILES string of the molecule is CO[C@H](C(=O)N[C@H](Cc1cccc(I)c1)C(=O)O)c1ccccc1. The van der Waals surface area contributed by atoms with Crippen LogP contribution in [0.1, 0.15) is 17.2 Å². The number of amides is 1. The molecule has 0 fully saturated rings. The second kappa shape index (κ2) is 8.79. The Morgan fingerprint density at radius 1 is 1.17 bits per heavy atom. The molecule has 24 heavy (non-hydrogen) atoms. The first kappa shape index (κ1) is 18.4. The highest BCUT2D eigenvalue weighted by atomic mass is 127.